The number of halogens is 1. The lowest BCUT2D eigenvalue weighted by Gasteiger charge is -2.05. The lowest BCUT2D eigenvalue weighted by molar-refractivity contribution is 0.683. The summed E-state index contributed by atoms with van der Waals surface area (Å²) in [6.45, 7) is 3.81. The number of aromatic nitrogens is 1. The lowest BCUT2D eigenvalue weighted by atomic mass is 10.2. The van der Waals surface area contributed by atoms with Gasteiger partial charge < -0.3 is 5.32 Å². The van der Waals surface area contributed by atoms with Crippen molar-refractivity contribution in [3.8, 4) is 0 Å². The summed E-state index contributed by atoms with van der Waals surface area (Å²) in [4.78, 5) is 5.68. The highest BCUT2D eigenvalue weighted by atomic mass is 79.9. The van der Waals surface area contributed by atoms with Crippen LogP contribution in [-0.2, 0) is 13.1 Å². The molecule has 0 spiro atoms. The minimum Gasteiger partial charge on any atom is -0.306 e. The van der Waals surface area contributed by atoms with Gasteiger partial charge in [0.1, 0.15) is 0 Å². The van der Waals surface area contributed by atoms with Crippen LogP contribution < -0.4 is 5.32 Å². The van der Waals surface area contributed by atoms with Crippen LogP contribution in [0.1, 0.15) is 16.1 Å². The van der Waals surface area contributed by atoms with E-state index in [1.54, 1.807) is 11.3 Å². The Hall–Kier alpha value is -0.710. The van der Waals surface area contributed by atoms with E-state index in [0.717, 1.165) is 18.8 Å². The van der Waals surface area contributed by atoms with Crippen molar-refractivity contribution >= 4 is 27.3 Å². The molecule has 84 valence electrons. The second-order valence-electron chi connectivity index (χ2n) is 3.58. The molecule has 4 heteroatoms. The Morgan fingerprint density at radius 3 is 2.88 bits per heavy atom. The molecule has 2 rings (SSSR count). The number of thiophene rings is 1. The van der Waals surface area contributed by atoms with Gasteiger partial charge in [0.05, 0.1) is 9.48 Å². The molecule has 0 aliphatic heterocycles. The number of hydrogen-bond donors (Lipinski definition) is 1. The van der Waals surface area contributed by atoms with Gasteiger partial charge in [0.25, 0.3) is 0 Å². The van der Waals surface area contributed by atoms with Crippen LogP contribution in [0.4, 0.5) is 0 Å². The molecule has 0 amide bonds. The first kappa shape index (κ1) is 11.8. The van der Waals surface area contributed by atoms with E-state index in [9.17, 15) is 0 Å². The monoisotopic (exact) mass is 296 g/mol. The molecule has 2 heterocycles. The highest BCUT2D eigenvalue weighted by Gasteiger charge is 2.00. The van der Waals surface area contributed by atoms with Gasteiger partial charge in [-0.05, 0) is 46.6 Å². The van der Waals surface area contributed by atoms with Crippen molar-refractivity contribution in [1.29, 1.82) is 0 Å². The number of hydrogen-bond acceptors (Lipinski definition) is 3. The fourth-order valence-corrected chi connectivity index (χ4v) is 2.91. The summed E-state index contributed by atoms with van der Waals surface area (Å²) in [6, 6.07) is 8.27. The summed E-state index contributed by atoms with van der Waals surface area (Å²) < 4.78 is 1.18. The van der Waals surface area contributed by atoms with Crippen LogP contribution in [0.25, 0.3) is 0 Å². The molecule has 2 aromatic rings. The predicted molar refractivity (Wildman–Crippen MR) is 71.5 cm³/mol. The molecule has 0 bridgehead atoms. The molecule has 0 aliphatic rings. The summed E-state index contributed by atoms with van der Waals surface area (Å²) in [5.41, 5.74) is 2.36. The van der Waals surface area contributed by atoms with Crippen molar-refractivity contribution in [1.82, 2.24) is 10.3 Å². The molecule has 2 aromatic heterocycles. The predicted octanol–water partition coefficient (Wildman–Crippen LogP) is 3.50. The second-order valence-corrected chi connectivity index (χ2v) is 6.12. The van der Waals surface area contributed by atoms with E-state index in [1.807, 2.05) is 12.3 Å². The van der Waals surface area contributed by atoms with Crippen LogP contribution >= 0.6 is 27.3 Å². The number of pyridine rings is 1. The Bertz CT molecular complexity index is 468. The standard InChI is InChI=1S/C12H13BrN2S/c1-9-3-2-6-15-11(9)8-14-7-10-4-5-12(13)16-10/h2-6,14H,7-8H2,1H3. The van der Waals surface area contributed by atoms with Gasteiger partial charge in [-0.2, -0.15) is 0 Å². The third-order valence-corrected chi connectivity index (χ3v) is 3.96. The van der Waals surface area contributed by atoms with E-state index in [1.165, 1.54) is 14.2 Å². The van der Waals surface area contributed by atoms with E-state index in [0.29, 0.717) is 0 Å². The highest BCUT2D eigenvalue weighted by molar-refractivity contribution is 9.11. The Morgan fingerprint density at radius 2 is 2.19 bits per heavy atom. The zero-order valence-electron chi connectivity index (χ0n) is 9.03. The first-order chi connectivity index (χ1) is 7.75. The molecule has 0 unspecified atom stereocenters. The molecule has 0 aliphatic carbocycles. The fourth-order valence-electron chi connectivity index (χ4n) is 1.45. The third-order valence-electron chi connectivity index (χ3n) is 2.34. The molecular formula is C12H13BrN2S. The maximum atomic E-state index is 4.35. The van der Waals surface area contributed by atoms with Crippen molar-refractivity contribution in [3.63, 3.8) is 0 Å². The van der Waals surface area contributed by atoms with Gasteiger partial charge in [-0.3, -0.25) is 4.98 Å². The Kier molecular flexibility index (Phi) is 4.09. The molecule has 1 N–H and O–H groups in total. The maximum Gasteiger partial charge on any atom is 0.0701 e. The zero-order chi connectivity index (χ0) is 11.4. The van der Waals surface area contributed by atoms with Crippen LogP contribution in [0.2, 0.25) is 0 Å². The molecule has 16 heavy (non-hydrogen) atoms. The molecule has 0 saturated carbocycles. The SMILES string of the molecule is Cc1cccnc1CNCc1ccc(Br)s1. The lowest BCUT2D eigenvalue weighted by Crippen LogP contribution is -2.13. The van der Waals surface area contributed by atoms with E-state index in [2.05, 4.69) is 51.4 Å². The molecule has 0 aromatic carbocycles. The van der Waals surface area contributed by atoms with Gasteiger partial charge in [0, 0.05) is 24.2 Å². The second kappa shape index (κ2) is 5.57. The van der Waals surface area contributed by atoms with Crippen LogP contribution in [0.15, 0.2) is 34.2 Å². The molecule has 2 nitrogen and oxygen atoms in total. The van der Waals surface area contributed by atoms with Gasteiger partial charge in [-0.1, -0.05) is 6.07 Å². The van der Waals surface area contributed by atoms with Gasteiger partial charge >= 0.3 is 0 Å². The van der Waals surface area contributed by atoms with Crippen LogP contribution in [0.5, 0.6) is 0 Å². The van der Waals surface area contributed by atoms with Crippen molar-refractivity contribution < 1.29 is 0 Å². The van der Waals surface area contributed by atoms with Crippen molar-refractivity contribution in [3.05, 3.63) is 50.4 Å². The normalized spacial score (nSPS) is 10.6. The van der Waals surface area contributed by atoms with Crippen molar-refractivity contribution in [2.45, 2.75) is 20.0 Å². The molecule has 0 saturated heterocycles. The number of nitrogens with zero attached hydrogens (tertiary/aromatic N) is 1. The third kappa shape index (κ3) is 3.14. The molecule has 0 atom stereocenters. The first-order valence-corrected chi connectivity index (χ1v) is 6.72. The van der Waals surface area contributed by atoms with Crippen LogP contribution in [-0.4, -0.2) is 4.98 Å². The Balaban J connectivity index is 1.87. The van der Waals surface area contributed by atoms with Gasteiger partial charge in [0.15, 0.2) is 0 Å². The fraction of sp³-hybridized carbons (Fsp3) is 0.250. The Morgan fingerprint density at radius 1 is 1.31 bits per heavy atom. The van der Waals surface area contributed by atoms with Crippen molar-refractivity contribution in [2.75, 3.05) is 0 Å². The minimum atomic E-state index is 0.822. The summed E-state index contributed by atoms with van der Waals surface area (Å²) >= 11 is 5.22. The van der Waals surface area contributed by atoms with Gasteiger partial charge in [-0.15, -0.1) is 11.3 Å². The number of rotatable bonds is 4. The topological polar surface area (TPSA) is 24.9 Å². The summed E-state index contributed by atoms with van der Waals surface area (Å²) in [7, 11) is 0. The maximum absolute atomic E-state index is 4.35. The minimum absolute atomic E-state index is 0.822. The van der Waals surface area contributed by atoms with Gasteiger partial charge in [-0.25, -0.2) is 0 Å². The summed E-state index contributed by atoms with van der Waals surface area (Å²) in [5, 5.41) is 3.40. The quantitative estimate of drug-likeness (QED) is 0.934. The summed E-state index contributed by atoms with van der Waals surface area (Å²) in [5.74, 6) is 0. The first-order valence-electron chi connectivity index (χ1n) is 5.11. The largest absolute Gasteiger partial charge is 0.306 e. The van der Waals surface area contributed by atoms with Crippen LogP contribution in [0, 0.1) is 6.92 Å². The average Bonchev–Trinajstić information content (AvgIpc) is 2.67. The van der Waals surface area contributed by atoms with Crippen molar-refractivity contribution in [2.24, 2.45) is 0 Å². The molecule has 0 fully saturated rings. The smallest absolute Gasteiger partial charge is 0.0701 e. The number of aryl methyl sites for hydroxylation is 1. The molecular weight excluding hydrogens is 284 g/mol. The van der Waals surface area contributed by atoms with E-state index in [-0.39, 0.29) is 0 Å². The molecule has 0 radical (unpaired) electrons. The summed E-state index contributed by atoms with van der Waals surface area (Å²) in [6.07, 6.45) is 1.84. The van der Waals surface area contributed by atoms with E-state index >= 15 is 0 Å². The average molecular weight is 297 g/mol. The number of nitrogens with one attached hydrogen (secondary N) is 1. The van der Waals surface area contributed by atoms with Crippen LogP contribution in [0.3, 0.4) is 0 Å². The van der Waals surface area contributed by atoms with Gasteiger partial charge in [0.2, 0.25) is 0 Å². The highest BCUT2D eigenvalue weighted by Crippen LogP contribution is 2.21. The Labute approximate surface area is 108 Å². The van der Waals surface area contributed by atoms with E-state index in [4.69, 9.17) is 0 Å². The zero-order valence-corrected chi connectivity index (χ0v) is 11.4. The van der Waals surface area contributed by atoms with E-state index < -0.39 is 0 Å².